The van der Waals surface area contributed by atoms with Crippen molar-refractivity contribution in [3.63, 3.8) is 0 Å². The molecule has 162 valence electrons. The van der Waals surface area contributed by atoms with E-state index in [1.54, 1.807) is 35.9 Å². The fourth-order valence-corrected chi connectivity index (χ4v) is 4.15. The molecule has 0 aliphatic carbocycles. The van der Waals surface area contributed by atoms with Gasteiger partial charge in [0, 0.05) is 17.1 Å². The third kappa shape index (κ3) is 3.80. The number of thiocarbonyl (C=S) groups is 1. The number of nitrogens with one attached hydrogen (secondary N) is 1. The highest BCUT2D eigenvalue weighted by molar-refractivity contribution is 7.80. The van der Waals surface area contributed by atoms with E-state index in [9.17, 15) is 19.5 Å². The highest BCUT2D eigenvalue weighted by atomic mass is 32.1. The highest BCUT2D eigenvalue weighted by Gasteiger charge is 2.34. The van der Waals surface area contributed by atoms with Crippen LogP contribution < -0.4 is 10.2 Å². The Kier molecular flexibility index (Phi) is 5.40. The van der Waals surface area contributed by atoms with Gasteiger partial charge in [-0.3, -0.25) is 19.8 Å². The monoisotopic (exact) mass is 447 g/mol. The van der Waals surface area contributed by atoms with E-state index in [2.05, 4.69) is 5.32 Å². The number of nitrogens with zero attached hydrogens (tertiary/aromatic N) is 2. The number of benzene rings is 2. The smallest absolute Gasteiger partial charge is 0.326 e. The molecular formula is C24H21N3O4S. The van der Waals surface area contributed by atoms with Crippen molar-refractivity contribution in [3.05, 3.63) is 70.9 Å². The summed E-state index contributed by atoms with van der Waals surface area (Å²) >= 11 is 5.27. The third-order valence-electron chi connectivity index (χ3n) is 5.40. The van der Waals surface area contributed by atoms with Crippen LogP contribution in [-0.2, 0) is 14.4 Å². The molecule has 1 aliphatic heterocycles. The van der Waals surface area contributed by atoms with Gasteiger partial charge in [-0.2, -0.15) is 0 Å². The van der Waals surface area contributed by atoms with Crippen LogP contribution in [0, 0.1) is 13.8 Å². The van der Waals surface area contributed by atoms with Crippen molar-refractivity contribution in [3.8, 4) is 0 Å². The molecule has 3 aromatic rings. The van der Waals surface area contributed by atoms with Crippen molar-refractivity contribution in [2.75, 3.05) is 4.90 Å². The van der Waals surface area contributed by atoms with Crippen molar-refractivity contribution in [2.24, 2.45) is 0 Å². The van der Waals surface area contributed by atoms with Gasteiger partial charge in [-0.1, -0.05) is 12.1 Å². The van der Waals surface area contributed by atoms with E-state index in [-0.39, 0.29) is 10.7 Å². The van der Waals surface area contributed by atoms with E-state index >= 15 is 0 Å². The maximum absolute atomic E-state index is 13.2. The lowest BCUT2D eigenvalue weighted by Crippen LogP contribution is -2.54. The molecule has 7 nitrogen and oxygen atoms in total. The predicted molar refractivity (Wildman–Crippen MR) is 126 cm³/mol. The largest absolute Gasteiger partial charge is 0.480 e. The van der Waals surface area contributed by atoms with E-state index in [1.165, 1.54) is 11.0 Å². The summed E-state index contributed by atoms with van der Waals surface area (Å²) in [5, 5.41) is 12.7. The molecule has 2 heterocycles. The Morgan fingerprint density at radius 1 is 1.09 bits per heavy atom. The fourth-order valence-electron chi connectivity index (χ4n) is 3.87. The molecule has 0 bridgehead atoms. The van der Waals surface area contributed by atoms with Crippen molar-refractivity contribution in [1.82, 2.24) is 9.88 Å². The molecule has 1 aliphatic rings. The van der Waals surface area contributed by atoms with E-state index in [0.717, 1.165) is 22.0 Å². The second kappa shape index (κ2) is 8.05. The van der Waals surface area contributed by atoms with Crippen molar-refractivity contribution in [2.45, 2.75) is 26.8 Å². The number of hydrogen-bond acceptors (Lipinski definition) is 4. The van der Waals surface area contributed by atoms with Gasteiger partial charge in [0.2, 0.25) is 0 Å². The first-order valence-corrected chi connectivity index (χ1v) is 10.4. The molecule has 1 atom stereocenters. The van der Waals surface area contributed by atoms with E-state index < -0.39 is 23.8 Å². The lowest BCUT2D eigenvalue weighted by molar-refractivity contribution is -0.140. The maximum Gasteiger partial charge on any atom is 0.326 e. The Morgan fingerprint density at radius 2 is 1.78 bits per heavy atom. The first-order chi connectivity index (χ1) is 15.2. The number of carboxylic acids is 1. The zero-order valence-corrected chi connectivity index (χ0v) is 18.6. The number of amides is 2. The van der Waals surface area contributed by atoms with Crippen molar-refractivity contribution >= 4 is 57.8 Å². The summed E-state index contributed by atoms with van der Waals surface area (Å²) in [6.45, 7) is 5.46. The van der Waals surface area contributed by atoms with Crippen LogP contribution in [-0.4, -0.2) is 32.6 Å². The van der Waals surface area contributed by atoms with Gasteiger partial charge in [-0.15, -0.1) is 0 Å². The second-order valence-electron chi connectivity index (χ2n) is 7.86. The number of carbonyl (C=O) groups excluding carboxylic acids is 2. The Hall–Kier alpha value is -3.78. The van der Waals surface area contributed by atoms with Gasteiger partial charge >= 0.3 is 5.97 Å². The van der Waals surface area contributed by atoms with Crippen molar-refractivity contribution < 1.29 is 19.5 Å². The van der Waals surface area contributed by atoms with E-state index in [4.69, 9.17) is 12.2 Å². The average Bonchev–Trinajstić information content (AvgIpc) is 3.12. The molecule has 2 amide bonds. The number of aromatic nitrogens is 1. The quantitative estimate of drug-likeness (QED) is 0.361. The maximum atomic E-state index is 13.2. The van der Waals surface area contributed by atoms with Crippen LogP contribution in [0.25, 0.3) is 17.0 Å². The summed E-state index contributed by atoms with van der Waals surface area (Å²) in [5.41, 5.74) is 3.91. The standard InChI is InChI=1S/C24H21N3O4S/c1-13-8-14(2)10-18(9-13)27-22(29)19(21(28)25-24(27)32)12-16-4-5-20-17(11-16)6-7-26(20)15(3)23(30)31/h4-12,15H,1-3H3,(H,30,31)(H,25,28,32)/b19-12+/t15-/m1/s1. The minimum Gasteiger partial charge on any atom is -0.480 e. The summed E-state index contributed by atoms with van der Waals surface area (Å²) in [4.78, 5) is 38.5. The van der Waals surface area contributed by atoms with Crippen LogP contribution in [0.5, 0.6) is 0 Å². The summed E-state index contributed by atoms with van der Waals surface area (Å²) in [6.07, 6.45) is 3.23. The van der Waals surface area contributed by atoms with Crippen LogP contribution in [0.2, 0.25) is 0 Å². The Morgan fingerprint density at radius 3 is 2.44 bits per heavy atom. The lowest BCUT2D eigenvalue weighted by Gasteiger charge is -2.29. The van der Waals surface area contributed by atoms with Crippen LogP contribution in [0.15, 0.2) is 54.2 Å². The van der Waals surface area contributed by atoms with Crippen LogP contribution >= 0.6 is 12.2 Å². The fraction of sp³-hybridized carbons (Fsp3) is 0.167. The summed E-state index contributed by atoms with van der Waals surface area (Å²) in [5.74, 6) is -1.99. The molecule has 1 fully saturated rings. The predicted octanol–water partition coefficient (Wildman–Crippen LogP) is 3.74. The normalized spacial score (nSPS) is 16.5. The SMILES string of the molecule is Cc1cc(C)cc(N2C(=O)/C(=C/c3ccc4c(ccn4[C@H](C)C(=O)O)c3)C(=O)NC2=S)c1. The molecule has 8 heteroatoms. The molecule has 4 rings (SSSR count). The summed E-state index contributed by atoms with van der Waals surface area (Å²) < 4.78 is 1.66. The Labute approximate surface area is 189 Å². The minimum atomic E-state index is -0.930. The molecule has 0 unspecified atom stereocenters. The first kappa shape index (κ1) is 21.5. The number of aliphatic carboxylic acids is 1. The number of carboxylic acid groups (broad SMARTS) is 1. The first-order valence-electron chi connectivity index (χ1n) is 9.99. The molecule has 1 aromatic heterocycles. The Bertz CT molecular complexity index is 1320. The van der Waals surface area contributed by atoms with Crippen LogP contribution in [0.4, 0.5) is 5.69 Å². The zero-order valence-electron chi connectivity index (χ0n) is 17.7. The van der Waals surface area contributed by atoms with Gasteiger partial charge < -0.3 is 9.67 Å². The van der Waals surface area contributed by atoms with Gasteiger partial charge in [0.05, 0.1) is 5.69 Å². The second-order valence-corrected chi connectivity index (χ2v) is 8.25. The summed E-state index contributed by atoms with van der Waals surface area (Å²) in [6, 6.07) is 12.1. The molecule has 1 saturated heterocycles. The molecular weight excluding hydrogens is 426 g/mol. The minimum absolute atomic E-state index is 0.0320. The topological polar surface area (TPSA) is 91.6 Å². The highest BCUT2D eigenvalue weighted by Crippen LogP contribution is 2.26. The molecule has 0 saturated carbocycles. The van der Waals surface area contributed by atoms with Crippen LogP contribution in [0.3, 0.4) is 0 Å². The van der Waals surface area contributed by atoms with Gasteiger partial charge in [-0.25, -0.2) is 4.79 Å². The number of aryl methyl sites for hydroxylation is 2. The van der Waals surface area contributed by atoms with E-state index in [1.807, 2.05) is 38.1 Å². The van der Waals surface area contributed by atoms with E-state index in [0.29, 0.717) is 11.3 Å². The van der Waals surface area contributed by atoms with Gasteiger partial charge in [0.15, 0.2) is 5.11 Å². The summed E-state index contributed by atoms with van der Waals surface area (Å²) in [7, 11) is 0. The molecule has 32 heavy (non-hydrogen) atoms. The average molecular weight is 448 g/mol. The lowest BCUT2D eigenvalue weighted by atomic mass is 10.0. The van der Waals surface area contributed by atoms with Gasteiger partial charge in [0.1, 0.15) is 11.6 Å². The molecule has 2 N–H and O–H groups in total. The van der Waals surface area contributed by atoms with Gasteiger partial charge in [-0.05, 0) is 86.1 Å². The van der Waals surface area contributed by atoms with Crippen LogP contribution in [0.1, 0.15) is 29.7 Å². The molecule has 0 spiro atoms. The zero-order chi connectivity index (χ0) is 23.2. The van der Waals surface area contributed by atoms with Crippen molar-refractivity contribution in [1.29, 1.82) is 0 Å². The number of fused-ring (bicyclic) bond motifs is 1. The van der Waals surface area contributed by atoms with Gasteiger partial charge in [0.25, 0.3) is 11.8 Å². The third-order valence-corrected chi connectivity index (χ3v) is 5.68. The Balaban J connectivity index is 1.73. The molecule has 2 aromatic carbocycles. The number of carbonyl (C=O) groups is 3. The number of anilines is 1. The number of rotatable bonds is 4. The number of hydrogen-bond donors (Lipinski definition) is 2. The molecule has 0 radical (unpaired) electrons.